The van der Waals surface area contributed by atoms with Gasteiger partial charge in [-0.15, -0.1) is 0 Å². The van der Waals surface area contributed by atoms with Crippen LogP contribution in [-0.2, 0) is 20.7 Å². The summed E-state index contributed by atoms with van der Waals surface area (Å²) in [6, 6.07) is 6.72. The molecule has 132 valence electrons. The lowest BCUT2D eigenvalue weighted by atomic mass is 10.1. The van der Waals surface area contributed by atoms with Crippen LogP contribution in [0.15, 0.2) is 24.3 Å². The Bertz CT molecular complexity index is 554. The molecule has 0 saturated carbocycles. The summed E-state index contributed by atoms with van der Waals surface area (Å²) in [4.78, 5) is 22.9. The molecule has 0 aliphatic carbocycles. The third-order valence-electron chi connectivity index (χ3n) is 4.06. The molecule has 24 heavy (non-hydrogen) atoms. The molecule has 6 nitrogen and oxygen atoms in total. The van der Waals surface area contributed by atoms with Crippen molar-refractivity contribution < 1.29 is 24.2 Å². The van der Waals surface area contributed by atoms with Crippen LogP contribution in [0.1, 0.15) is 42.1 Å². The average Bonchev–Trinajstić information content (AvgIpc) is 2.60. The summed E-state index contributed by atoms with van der Waals surface area (Å²) in [5.41, 5.74) is 1.13. The van der Waals surface area contributed by atoms with Gasteiger partial charge < -0.3 is 19.9 Å². The van der Waals surface area contributed by atoms with Crippen molar-refractivity contribution in [1.82, 2.24) is 5.32 Å². The molecule has 1 aliphatic rings. The summed E-state index contributed by atoms with van der Waals surface area (Å²) in [7, 11) is 0. The van der Waals surface area contributed by atoms with Crippen molar-refractivity contribution in [2.75, 3.05) is 19.8 Å². The third kappa shape index (κ3) is 5.94. The molecule has 0 bridgehead atoms. The monoisotopic (exact) mass is 335 g/mol. The summed E-state index contributed by atoms with van der Waals surface area (Å²) in [5.74, 6) is -1.12. The molecule has 2 unspecified atom stereocenters. The average molecular weight is 335 g/mol. The van der Waals surface area contributed by atoms with Gasteiger partial charge in [0.1, 0.15) is 6.10 Å². The molecule has 0 radical (unpaired) electrons. The van der Waals surface area contributed by atoms with E-state index in [1.165, 1.54) is 0 Å². The van der Waals surface area contributed by atoms with E-state index < -0.39 is 12.1 Å². The van der Waals surface area contributed by atoms with Gasteiger partial charge in [0.05, 0.1) is 18.3 Å². The highest BCUT2D eigenvalue weighted by atomic mass is 16.5. The van der Waals surface area contributed by atoms with Gasteiger partial charge in [-0.3, -0.25) is 4.79 Å². The Balaban J connectivity index is 1.68. The molecule has 1 fully saturated rings. The molecular formula is C18H25NO5. The van der Waals surface area contributed by atoms with Crippen molar-refractivity contribution in [1.29, 1.82) is 0 Å². The number of amides is 1. The van der Waals surface area contributed by atoms with Gasteiger partial charge in [-0.1, -0.05) is 12.1 Å². The van der Waals surface area contributed by atoms with Gasteiger partial charge in [0.25, 0.3) is 0 Å². The SMILES string of the molecule is CC(OCC1CCCCO1)C(=O)NCCc1cccc(C(=O)O)c1. The Morgan fingerprint density at radius 2 is 2.25 bits per heavy atom. The molecule has 2 rings (SSSR count). The number of aromatic carboxylic acids is 1. The fourth-order valence-corrected chi connectivity index (χ4v) is 2.60. The van der Waals surface area contributed by atoms with Crippen molar-refractivity contribution in [2.45, 2.75) is 44.8 Å². The van der Waals surface area contributed by atoms with Crippen LogP contribution in [0.2, 0.25) is 0 Å². The van der Waals surface area contributed by atoms with Crippen molar-refractivity contribution >= 4 is 11.9 Å². The van der Waals surface area contributed by atoms with Crippen molar-refractivity contribution in [3.8, 4) is 0 Å². The number of ether oxygens (including phenoxy) is 2. The maximum atomic E-state index is 12.0. The number of carboxylic acids is 1. The first-order valence-electron chi connectivity index (χ1n) is 8.39. The van der Waals surface area contributed by atoms with Gasteiger partial charge in [0, 0.05) is 13.2 Å². The number of hydrogen-bond acceptors (Lipinski definition) is 4. The number of rotatable bonds is 8. The number of carboxylic acid groups (broad SMARTS) is 1. The maximum absolute atomic E-state index is 12.0. The lowest BCUT2D eigenvalue weighted by molar-refractivity contribution is -0.135. The second-order valence-corrected chi connectivity index (χ2v) is 6.01. The zero-order valence-corrected chi connectivity index (χ0v) is 14.0. The standard InChI is InChI=1S/C18H25NO5/c1-13(24-12-16-7-2-3-10-23-16)17(20)19-9-8-14-5-4-6-15(11-14)18(21)22/h4-6,11,13,16H,2-3,7-10,12H2,1H3,(H,19,20)(H,21,22). The van der Waals surface area contributed by atoms with Crippen molar-refractivity contribution in [2.24, 2.45) is 0 Å². The smallest absolute Gasteiger partial charge is 0.335 e. The Hall–Kier alpha value is -1.92. The van der Waals surface area contributed by atoms with E-state index in [0.29, 0.717) is 19.6 Å². The number of carbonyl (C=O) groups excluding carboxylic acids is 1. The Morgan fingerprint density at radius 1 is 1.42 bits per heavy atom. The van der Waals surface area contributed by atoms with Crippen LogP contribution in [0.4, 0.5) is 0 Å². The fraction of sp³-hybridized carbons (Fsp3) is 0.556. The highest BCUT2D eigenvalue weighted by Gasteiger charge is 2.18. The Kier molecular flexibility index (Phi) is 7.21. The van der Waals surface area contributed by atoms with E-state index in [0.717, 1.165) is 31.4 Å². The van der Waals surface area contributed by atoms with E-state index in [2.05, 4.69) is 5.32 Å². The van der Waals surface area contributed by atoms with Gasteiger partial charge in [-0.25, -0.2) is 4.79 Å². The summed E-state index contributed by atoms with van der Waals surface area (Å²) in [6.45, 7) is 3.37. The van der Waals surface area contributed by atoms with E-state index in [-0.39, 0.29) is 17.6 Å². The first kappa shape index (κ1) is 18.4. The Morgan fingerprint density at radius 3 is 2.96 bits per heavy atom. The second-order valence-electron chi connectivity index (χ2n) is 6.01. The molecular weight excluding hydrogens is 310 g/mol. The van der Waals surface area contributed by atoms with E-state index in [1.54, 1.807) is 25.1 Å². The van der Waals surface area contributed by atoms with Crippen LogP contribution in [0.25, 0.3) is 0 Å². The normalized spacial score (nSPS) is 18.8. The Labute approximate surface area is 142 Å². The van der Waals surface area contributed by atoms with Crippen LogP contribution >= 0.6 is 0 Å². The van der Waals surface area contributed by atoms with Crippen molar-refractivity contribution in [3.05, 3.63) is 35.4 Å². The van der Waals surface area contributed by atoms with Crippen molar-refractivity contribution in [3.63, 3.8) is 0 Å². The summed E-state index contributed by atoms with van der Waals surface area (Å²) >= 11 is 0. The van der Waals surface area contributed by atoms with Gasteiger partial charge in [0.15, 0.2) is 0 Å². The van der Waals surface area contributed by atoms with E-state index in [9.17, 15) is 9.59 Å². The summed E-state index contributed by atoms with van der Waals surface area (Å²) in [6.07, 6.45) is 3.35. The summed E-state index contributed by atoms with van der Waals surface area (Å²) in [5, 5.41) is 11.8. The van der Waals surface area contributed by atoms with Crippen LogP contribution < -0.4 is 5.32 Å². The van der Waals surface area contributed by atoms with Gasteiger partial charge in [0.2, 0.25) is 5.91 Å². The highest BCUT2D eigenvalue weighted by Crippen LogP contribution is 2.13. The van der Waals surface area contributed by atoms with Gasteiger partial charge >= 0.3 is 5.97 Å². The first-order chi connectivity index (χ1) is 11.6. The molecule has 1 amide bonds. The molecule has 1 aromatic carbocycles. The van der Waals surface area contributed by atoms with Crippen LogP contribution in [0, 0.1) is 0 Å². The summed E-state index contributed by atoms with van der Waals surface area (Å²) < 4.78 is 11.2. The van der Waals surface area contributed by atoms with Crippen LogP contribution in [0.3, 0.4) is 0 Å². The number of carbonyl (C=O) groups is 2. The third-order valence-corrected chi connectivity index (χ3v) is 4.06. The van der Waals surface area contributed by atoms with Gasteiger partial charge in [-0.05, 0) is 50.3 Å². The molecule has 2 atom stereocenters. The largest absolute Gasteiger partial charge is 0.478 e. The van der Waals surface area contributed by atoms with E-state index in [4.69, 9.17) is 14.6 Å². The zero-order chi connectivity index (χ0) is 17.4. The predicted molar refractivity (Wildman–Crippen MR) is 89.1 cm³/mol. The molecule has 1 aromatic rings. The topological polar surface area (TPSA) is 84.9 Å². The number of hydrogen-bond donors (Lipinski definition) is 2. The molecule has 0 aromatic heterocycles. The first-order valence-corrected chi connectivity index (χ1v) is 8.39. The minimum atomic E-state index is -0.951. The maximum Gasteiger partial charge on any atom is 0.335 e. The second kappa shape index (κ2) is 9.39. The molecule has 1 heterocycles. The molecule has 6 heteroatoms. The lowest BCUT2D eigenvalue weighted by Crippen LogP contribution is -2.37. The lowest BCUT2D eigenvalue weighted by Gasteiger charge is -2.23. The molecule has 1 aliphatic heterocycles. The number of benzene rings is 1. The minimum Gasteiger partial charge on any atom is -0.478 e. The van der Waals surface area contributed by atoms with Crippen LogP contribution in [-0.4, -0.2) is 48.9 Å². The highest BCUT2D eigenvalue weighted by molar-refractivity contribution is 5.87. The molecule has 1 saturated heterocycles. The number of nitrogens with one attached hydrogen (secondary N) is 1. The minimum absolute atomic E-state index is 0.0905. The van der Waals surface area contributed by atoms with E-state index in [1.807, 2.05) is 6.07 Å². The van der Waals surface area contributed by atoms with Crippen LogP contribution in [0.5, 0.6) is 0 Å². The quantitative estimate of drug-likeness (QED) is 0.759. The molecule has 0 spiro atoms. The fourth-order valence-electron chi connectivity index (χ4n) is 2.60. The zero-order valence-electron chi connectivity index (χ0n) is 14.0. The van der Waals surface area contributed by atoms with Gasteiger partial charge in [-0.2, -0.15) is 0 Å². The molecule has 2 N–H and O–H groups in total. The predicted octanol–water partition coefficient (Wildman–Crippen LogP) is 2.02. The van der Waals surface area contributed by atoms with E-state index >= 15 is 0 Å².